The van der Waals surface area contributed by atoms with Crippen LogP contribution < -0.4 is 5.73 Å². The second-order valence-corrected chi connectivity index (χ2v) is 5.43. The summed E-state index contributed by atoms with van der Waals surface area (Å²) in [5.74, 6) is -0.394. The summed E-state index contributed by atoms with van der Waals surface area (Å²) in [5, 5.41) is 7.42. The molecule has 19 heavy (non-hydrogen) atoms. The van der Waals surface area contributed by atoms with E-state index >= 15 is 0 Å². The first kappa shape index (κ1) is 14.0. The number of likely N-dealkylation sites (tertiary alicyclic amines) is 1. The Balaban J connectivity index is 2.15. The number of hydrogen-bond donors (Lipinski definition) is 2. The zero-order valence-corrected chi connectivity index (χ0v) is 11.5. The molecule has 1 aliphatic rings. The van der Waals surface area contributed by atoms with E-state index in [9.17, 15) is 4.39 Å². The van der Waals surface area contributed by atoms with Crippen molar-refractivity contribution < 1.29 is 4.39 Å². The van der Waals surface area contributed by atoms with Crippen molar-refractivity contribution in [1.82, 2.24) is 4.90 Å². The van der Waals surface area contributed by atoms with Crippen LogP contribution in [-0.4, -0.2) is 23.3 Å². The van der Waals surface area contributed by atoms with Crippen molar-refractivity contribution in [3.05, 3.63) is 35.1 Å². The molecule has 3 N–H and O–H groups in total. The van der Waals surface area contributed by atoms with Gasteiger partial charge in [0, 0.05) is 18.2 Å². The second-order valence-electron chi connectivity index (χ2n) is 5.43. The zero-order chi connectivity index (χ0) is 13.8. The molecule has 1 heterocycles. The van der Waals surface area contributed by atoms with Crippen molar-refractivity contribution >= 4 is 5.84 Å². The molecule has 4 heteroatoms. The third kappa shape index (κ3) is 3.77. The molecule has 1 aromatic carbocycles. The fraction of sp³-hybridized carbons (Fsp3) is 0.533. The summed E-state index contributed by atoms with van der Waals surface area (Å²) in [6.07, 6.45) is 4.97. The van der Waals surface area contributed by atoms with Crippen LogP contribution in [0.1, 0.15) is 43.7 Å². The van der Waals surface area contributed by atoms with E-state index in [1.807, 2.05) is 6.07 Å². The summed E-state index contributed by atoms with van der Waals surface area (Å²) < 4.78 is 13.5. The van der Waals surface area contributed by atoms with Crippen LogP contribution in [0.3, 0.4) is 0 Å². The molecule has 1 aliphatic heterocycles. The molecular weight excluding hydrogens is 241 g/mol. The molecule has 1 atom stereocenters. The van der Waals surface area contributed by atoms with Gasteiger partial charge in [-0.1, -0.05) is 12.8 Å². The highest BCUT2D eigenvalue weighted by molar-refractivity contribution is 5.95. The molecule has 1 unspecified atom stereocenters. The molecule has 1 aromatic rings. The van der Waals surface area contributed by atoms with Crippen molar-refractivity contribution in [2.45, 2.75) is 45.2 Å². The summed E-state index contributed by atoms with van der Waals surface area (Å²) in [7, 11) is 0. The summed E-state index contributed by atoms with van der Waals surface area (Å²) >= 11 is 0. The van der Waals surface area contributed by atoms with Crippen LogP contribution >= 0.6 is 0 Å². The summed E-state index contributed by atoms with van der Waals surface area (Å²) in [6.45, 7) is 4.03. The van der Waals surface area contributed by atoms with Crippen LogP contribution in [0.2, 0.25) is 0 Å². The number of nitrogens with one attached hydrogen (secondary N) is 1. The molecule has 0 saturated carbocycles. The summed E-state index contributed by atoms with van der Waals surface area (Å²) in [5.41, 5.74) is 6.81. The molecule has 0 bridgehead atoms. The predicted octanol–water partition coefficient (Wildman–Crippen LogP) is 2.87. The molecule has 0 amide bonds. The lowest BCUT2D eigenvalue weighted by atomic mass is 10.1. The third-order valence-electron chi connectivity index (χ3n) is 3.84. The monoisotopic (exact) mass is 263 g/mol. The Labute approximate surface area is 114 Å². The van der Waals surface area contributed by atoms with E-state index in [0.29, 0.717) is 11.6 Å². The molecule has 0 spiro atoms. The number of nitrogen functional groups attached to an aromatic ring is 1. The quantitative estimate of drug-likeness (QED) is 0.651. The third-order valence-corrected chi connectivity index (χ3v) is 3.84. The predicted molar refractivity (Wildman–Crippen MR) is 75.8 cm³/mol. The van der Waals surface area contributed by atoms with Gasteiger partial charge in [0.05, 0.1) is 0 Å². The Hall–Kier alpha value is -1.42. The largest absolute Gasteiger partial charge is 0.384 e. The van der Waals surface area contributed by atoms with Gasteiger partial charge in [0.2, 0.25) is 0 Å². The van der Waals surface area contributed by atoms with Crippen LogP contribution in [0.15, 0.2) is 18.2 Å². The van der Waals surface area contributed by atoms with Gasteiger partial charge < -0.3 is 5.73 Å². The van der Waals surface area contributed by atoms with E-state index in [1.165, 1.54) is 31.7 Å². The molecule has 0 aliphatic carbocycles. The van der Waals surface area contributed by atoms with Crippen LogP contribution in [0.5, 0.6) is 0 Å². The lowest BCUT2D eigenvalue weighted by Gasteiger charge is -2.27. The molecule has 0 radical (unpaired) electrons. The van der Waals surface area contributed by atoms with Crippen LogP contribution in [0, 0.1) is 11.2 Å². The van der Waals surface area contributed by atoms with E-state index in [0.717, 1.165) is 18.7 Å². The minimum Gasteiger partial charge on any atom is -0.384 e. The number of nitrogens with two attached hydrogens (primary N) is 1. The lowest BCUT2D eigenvalue weighted by molar-refractivity contribution is 0.204. The first-order chi connectivity index (χ1) is 9.06. The normalized spacial score (nSPS) is 21.1. The molecule has 1 fully saturated rings. The number of rotatable bonds is 3. The highest BCUT2D eigenvalue weighted by Crippen LogP contribution is 2.20. The van der Waals surface area contributed by atoms with Crippen LogP contribution in [0.25, 0.3) is 0 Å². The smallest absolute Gasteiger partial charge is 0.124 e. The standard InChI is InChI=1S/C15H22FN3/c1-11-5-3-2-4-6-19(11)10-12-7-13(15(17)18)9-14(16)8-12/h7-9,11H,2-6,10H2,1H3,(H3,17,18). The second kappa shape index (κ2) is 6.15. The maximum absolute atomic E-state index is 13.5. The maximum atomic E-state index is 13.5. The molecule has 1 saturated heterocycles. The topological polar surface area (TPSA) is 53.1 Å². The molecular formula is C15H22FN3. The van der Waals surface area contributed by atoms with Gasteiger partial charge in [0.15, 0.2) is 0 Å². The van der Waals surface area contributed by atoms with Crippen molar-refractivity contribution in [3.8, 4) is 0 Å². The molecule has 3 nitrogen and oxygen atoms in total. The maximum Gasteiger partial charge on any atom is 0.124 e. The Morgan fingerprint density at radius 3 is 2.89 bits per heavy atom. The number of benzene rings is 1. The van der Waals surface area contributed by atoms with Gasteiger partial charge in [0.25, 0.3) is 0 Å². The van der Waals surface area contributed by atoms with Crippen LogP contribution in [0.4, 0.5) is 4.39 Å². The fourth-order valence-corrected chi connectivity index (χ4v) is 2.70. The first-order valence-corrected chi connectivity index (χ1v) is 6.94. The van der Waals surface area contributed by atoms with Gasteiger partial charge in [-0.15, -0.1) is 0 Å². The zero-order valence-electron chi connectivity index (χ0n) is 11.5. The average molecular weight is 263 g/mol. The number of amidine groups is 1. The van der Waals surface area contributed by atoms with Crippen molar-refractivity contribution in [3.63, 3.8) is 0 Å². The number of halogens is 1. The molecule has 0 aromatic heterocycles. The number of nitrogens with zero attached hydrogens (tertiary/aromatic N) is 1. The Kier molecular flexibility index (Phi) is 4.53. The van der Waals surface area contributed by atoms with E-state index in [1.54, 1.807) is 6.07 Å². The van der Waals surface area contributed by atoms with Crippen molar-refractivity contribution in [1.29, 1.82) is 5.41 Å². The lowest BCUT2D eigenvalue weighted by Crippen LogP contribution is -2.32. The average Bonchev–Trinajstić information content (AvgIpc) is 2.54. The van der Waals surface area contributed by atoms with E-state index in [4.69, 9.17) is 11.1 Å². The Bertz CT molecular complexity index is 459. The summed E-state index contributed by atoms with van der Waals surface area (Å²) in [6, 6.07) is 5.22. The summed E-state index contributed by atoms with van der Waals surface area (Å²) in [4.78, 5) is 2.39. The number of hydrogen-bond acceptors (Lipinski definition) is 2. The fourth-order valence-electron chi connectivity index (χ4n) is 2.70. The van der Waals surface area contributed by atoms with E-state index in [2.05, 4.69) is 11.8 Å². The van der Waals surface area contributed by atoms with Gasteiger partial charge >= 0.3 is 0 Å². The minimum atomic E-state index is -0.315. The van der Waals surface area contributed by atoms with E-state index in [-0.39, 0.29) is 11.7 Å². The first-order valence-electron chi connectivity index (χ1n) is 6.94. The highest BCUT2D eigenvalue weighted by Gasteiger charge is 2.17. The Morgan fingerprint density at radius 1 is 1.37 bits per heavy atom. The Morgan fingerprint density at radius 2 is 2.16 bits per heavy atom. The van der Waals surface area contributed by atoms with Gasteiger partial charge in [-0.3, -0.25) is 10.3 Å². The SMILES string of the molecule is CC1CCCCCN1Cc1cc(F)cc(C(=N)N)c1. The van der Waals surface area contributed by atoms with Crippen molar-refractivity contribution in [2.75, 3.05) is 6.54 Å². The van der Waals surface area contributed by atoms with Gasteiger partial charge in [0.1, 0.15) is 11.7 Å². The molecule has 104 valence electrons. The minimum absolute atomic E-state index is 0.0790. The van der Waals surface area contributed by atoms with E-state index < -0.39 is 0 Å². The highest BCUT2D eigenvalue weighted by atomic mass is 19.1. The molecule has 2 rings (SSSR count). The van der Waals surface area contributed by atoms with Crippen LogP contribution in [-0.2, 0) is 6.54 Å². The van der Waals surface area contributed by atoms with Crippen molar-refractivity contribution in [2.24, 2.45) is 5.73 Å². The van der Waals surface area contributed by atoms with Gasteiger partial charge in [-0.05, 0) is 50.1 Å². The van der Waals surface area contributed by atoms with Gasteiger partial charge in [-0.2, -0.15) is 0 Å². The van der Waals surface area contributed by atoms with Gasteiger partial charge in [-0.25, -0.2) is 4.39 Å².